The van der Waals surface area contributed by atoms with E-state index in [-0.39, 0.29) is 17.7 Å². The van der Waals surface area contributed by atoms with Crippen LogP contribution in [0.2, 0.25) is 0 Å². The molecule has 1 fully saturated rings. The number of hydrogen-bond acceptors (Lipinski definition) is 3. The number of amides is 2. The molecule has 6 heteroatoms. The van der Waals surface area contributed by atoms with E-state index in [1.165, 1.54) is 0 Å². The minimum atomic E-state index is -0.0165. The average Bonchev–Trinajstić information content (AvgIpc) is 3.51. The van der Waals surface area contributed by atoms with Gasteiger partial charge in [-0.2, -0.15) is 0 Å². The van der Waals surface area contributed by atoms with Gasteiger partial charge in [0.25, 0.3) is 0 Å². The summed E-state index contributed by atoms with van der Waals surface area (Å²) in [7, 11) is 1.65. The zero-order valence-electron chi connectivity index (χ0n) is 16.5. The molecule has 4 rings (SSSR count). The molecule has 2 aromatic carbocycles. The van der Waals surface area contributed by atoms with E-state index in [0.717, 1.165) is 52.7 Å². The van der Waals surface area contributed by atoms with Crippen LogP contribution in [-0.2, 0) is 22.4 Å². The quantitative estimate of drug-likeness (QED) is 0.550. The molecule has 0 bridgehead atoms. The number of aromatic nitrogens is 1. The number of ether oxygens (including phenoxy) is 1. The molecule has 0 unspecified atom stereocenters. The summed E-state index contributed by atoms with van der Waals surface area (Å²) in [4.78, 5) is 27.3. The van der Waals surface area contributed by atoms with Gasteiger partial charge in [0.05, 0.1) is 13.5 Å². The van der Waals surface area contributed by atoms with Crippen LogP contribution >= 0.6 is 0 Å². The fourth-order valence-corrected chi connectivity index (χ4v) is 3.37. The summed E-state index contributed by atoms with van der Waals surface area (Å²) >= 11 is 0. The SMILES string of the molecule is COc1ccc2[nH]cc(CCNC(=O)Cc3ccc(NC(=O)C4CC4)cc3)c2c1. The fourth-order valence-electron chi connectivity index (χ4n) is 3.37. The Morgan fingerprint density at radius 1 is 1.14 bits per heavy atom. The molecular formula is C23H25N3O3. The highest BCUT2D eigenvalue weighted by molar-refractivity contribution is 5.94. The molecular weight excluding hydrogens is 366 g/mol. The van der Waals surface area contributed by atoms with Crippen molar-refractivity contribution in [3.05, 3.63) is 59.8 Å². The fraction of sp³-hybridized carbons (Fsp3) is 0.304. The van der Waals surface area contributed by atoms with Crippen molar-refractivity contribution >= 4 is 28.4 Å². The average molecular weight is 391 g/mol. The van der Waals surface area contributed by atoms with Crippen LogP contribution in [-0.4, -0.2) is 30.5 Å². The Bertz CT molecular complexity index is 1020. The first-order valence-corrected chi connectivity index (χ1v) is 9.93. The van der Waals surface area contributed by atoms with Crippen LogP contribution in [0.15, 0.2) is 48.7 Å². The lowest BCUT2D eigenvalue weighted by Crippen LogP contribution is -2.27. The Kier molecular flexibility index (Phi) is 5.51. The first-order chi connectivity index (χ1) is 14.1. The minimum Gasteiger partial charge on any atom is -0.497 e. The standard InChI is InChI=1S/C23H25N3O3/c1-29-19-8-9-21-20(13-19)17(14-25-21)10-11-24-22(27)12-15-2-6-18(7-3-15)26-23(28)16-4-5-16/h2-3,6-9,13-14,16,25H,4-5,10-12H2,1H3,(H,24,27)(H,26,28). The van der Waals surface area contributed by atoms with Crippen LogP contribution < -0.4 is 15.4 Å². The van der Waals surface area contributed by atoms with E-state index in [0.29, 0.717) is 13.0 Å². The highest BCUT2D eigenvalue weighted by Gasteiger charge is 2.29. The molecule has 0 spiro atoms. The smallest absolute Gasteiger partial charge is 0.227 e. The molecule has 6 nitrogen and oxygen atoms in total. The first-order valence-electron chi connectivity index (χ1n) is 9.93. The highest BCUT2D eigenvalue weighted by atomic mass is 16.5. The summed E-state index contributed by atoms with van der Waals surface area (Å²) in [6.07, 6.45) is 5.00. The molecule has 1 aromatic heterocycles. The number of methoxy groups -OCH3 is 1. The second kappa shape index (κ2) is 8.39. The third-order valence-corrected chi connectivity index (χ3v) is 5.23. The van der Waals surface area contributed by atoms with E-state index in [4.69, 9.17) is 4.74 Å². The van der Waals surface area contributed by atoms with Crippen LogP contribution in [0.4, 0.5) is 5.69 Å². The number of fused-ring (bicyclic) bond motifs is 1. The van der Waals surface area contributed by atoms with Crippen LogP contribution in [0.5, 0.6) is 5.75 Å². The van der Waals surface area contributed by atoms with Crippen molar-refractivity contribution in [2.24, 2.45) is 5.92 Å². The van der Waals surface area contributed by atoms with Crippen molar-refractivity contribution in [2.45, 2.75) is 25.7 Å². The van der Waals surface area contributed by atoms with Crippen molar-refractivity contribution < 1.29 is 14.3 Å². The molecule has 3 aromatic rings. The van der Waals surface area contributed by atoms with Gasteiger partial charge in [0.1, 0.15) is 5.75 Å². The Morgan fingerprint density at radius 3 is 2.66 bits per heavy atom. The number of carbonyl (C=O) groups excluding carboxylic acids is 2. The van der Waals surface area contributed by atoms with E-state index in [2.05, 4.69) is 15.6 Å². The Hall–Kier alpha value is -3.28. The van der Waals surface area contributed by atoms with Gasteiger partial charge in [0, 0.05) is 35.2 Å². The predicted octanol–water partition coefficient (Wildman–Crippen LogP) is 3.43. The summed E-state index contributed by atoms with van der Waals surface area (Å²) in [5.74, 6) is 1.07. The van der Waals surface area contributed by atoms with Crippen molar-refractivity contribution in [3.63, 3.8) is 0 Å². The molecule has 2 amide bonds. The number of rotatable bonds is 8. The van der Waals surface area contributed by atoms with Gasteiger partial charge < -0.3 is 20.4 Å². The van der Waals surface area contributed by atoms with Crippen LogP contribution in [0, 0.1) is 5.92 Å². The van der Waals surface area contributed by atoms with Crippen LogP contribution in [0.25, 0.3) is 10.9 Å². The van der Waals surface area contributed by atoms with Crippen molar-refractivity contribution in [1.29, 1.82) is 0 Å². The Balaban J connectivity index is 1.26. The van der Waals surface area contributed by atoms with Gasteiger partial charge in [0.15, 0.2) is 0 Å². The van der Waals surface area contributed by atoms with Gasteiger partial charge in [-0.25, -0.2) is 0 Å². The largest absolute Gasteiger partial charge is 0.497 e. The van der Waals surface area contributed by atoms with Crippen molar-refractivity contribution in [1.82, 2.24) is 10.3 Å². The maximum Gasteiger partial charge on any atom is 0.227 e. The number of anilines is 1. The number of aromatic amines is 1. The summed E-state index contributed by atoms with van der Waals surface area (Å²) in [5, 5.41) is 7.00. The molecule has 3 N–H and O–H groups in total. The Morgan fingerprint density at radius 2 is 1.93 bits per heavy atom. The lowest BCUT2D eigenvalue weighted by atomic mass is 10.1. The van der Waals surface area contributed by atoms with E-state index in [9.17, 15) is 9.59 Å². The van der Waals surface area contributed by atoms with Gasteiger partial charge in [-0.1, -0.05) is 12.1 Å². The zero-order valence-corrected chi connectivity index (χ0v) is 16.5. The summed E-state index contributed by atoms with van der Waals surface area (Å²) in [5.41, 5.74) is 3.90. The van der Waals surface area contributed by atoms with Crippen LogP contribution in [0.1, 0.15) is 24.0 Å². The molecule has 0 saturated heterocycles. The molecule has 1 saturated carbocycles. The summed E-state index contributed by atoms with van der Waals surface area (Å²) in [6.45, 7) is 0.568. The lowest BCUT2D eigenvalue weighted by molar-refractivity contribution is -0.120. The lowest BCUT2D eigenvalue weighted by Gasteiger charge is -2.07. The maximum atomic E-state index is 12.3. The van der Waals surface area contributed by atoms with Crippen LogP contribution in [0.3, 0.4) is 0 Å². The molecule has 0 radical (unpaired) electrons. The van der Waals surface area contributed by atoms with Gasteiger partial charge >= 0.3 is 0 Å². The second-order valence-corrected chi connectivity index (χ2v) is 7.46. The van der Waals surface area contributed by atoms with E-state index in [1.807, 2.05) is 48.7 Å². The predicted molar refractivity (Wildman–Crippen MR) is 113 cm³/mol. The molecule has 29 heavy (non-hydrogen) atoms. The zero-order chi connectivity index (χ0) is 20.2. The molecule has 0 aliphatic heterocycles. The number of H-pyrrole nitrogens is 1. The molecule has 1 aliphatic carbocycles. The van der Waals surface area contributed by atoms with Gasteiger partial charge in [-0.05, 0) is 60.7 Å². The topological polar surface area (TPSA) is 83.2 Å². The third kappa shape index (κ3) is 4.77. The number of benzene rings is 2. The number of hydrogen-bond donors (Lipinski definition) is 3. The third-order valence-electron chi connectivity index (χ3n) is 5.23. The van der Waals surface area contributed by atoms with Gasteiger partial charge in [-0.3, -0.25) is 9.59 Å². The maximum absolute atomic E-state index is 12.3. The monoisotopic (exact) mass is 391 g/mol. The molecule has 150 valence electrons. The second-order valence-electron chi connectivity index (χ2n) is 7.46. The van der Waals surface area contributed by atoms with Gasteiger partial charge in [0.2, 0.25) is 11.8 Å². The van der Waals surface area contributed by atoms with Gasteiger partial charge in [-0.15, -0.1) is 0 Å². The summed E-state index contributed by atoms with van der Waals surface area (Å²) in [6, 6.07) is 13.4. The Labute approximate surface area is 169 Å². The first kappa shape index (κ1) is 19.1. The normalized spacial score (nSPS) is 13.3. The highest BCUT2D eigenvalue weighted by Crippen LogP contribution is 2.30. The van der Waals surface area contributed by atoms with E-state index < -0.39 is 0 Å². The van der Waals surface area contributed by atoms with E-state index >= 15 is 0 Å². The van der Waals surface area contributed by atoms with Crippen molar-refractivity contribution in [2.75, 3.05) is 19.0 Å². The summed E-state index contributed by atoms with van der Waals surface area (Å²) < 4.78 is 5.29. The number of carbonyl (C=O) groups is 2. The van der Waals surface area contributed by atoms with E-state index in [1.54, 1.807) is 7.11 Å². The number of nitrogens with one attached hydrogen (secondary N) is 3. The minimum absolute atomic E-state index is 0.0165. The molecule has 0 atom stereocenters. The van der Waals surface area contributed by atoms with Crippen molar-refractivity contribution in [3.8, 4) is 5.75 Å². The molecule has 1 heterocycles. The molecule has 1 aliphatic rings.